The first-order valence-corrected chi connectivity index (χ1v) is 32.7. The molecule has 0 aliphatic rings. The minimum absolute atomic E-state index is 0.162. The van der Waals surface area contributed by atoms with Crippen LogP contribution in [-0.4, -0.2) is 66.5 Å². The molecule has 0 saturated heterocycles. The van der Waals surface area contributed by atoms with Gasteiger partial charge in [0.2, 0.25) is 0 Å². The fourth-order valence-electron chi connectivity index (χ4n) is 9.05. The maximum atomic E-state index is 12.9. The van der Waals surface area contributed by atoms with Crippen molar-refractivity contribution in [1.82, 2.24) is 0 Å². The van der Waals surface area contributed by atoms with Crippen molar-refractivity contribution < 1.29 is 52.2 Å². The third-order valence-corrected chi connectivity index (χ3v) is 14.8. The van der Waals surface area contributed by atoms with E-state index in [1.807, 2.05) is 0 Å². The molecule has 0 aliphatic carbocycles. The van der Waals surface area contributed by atoms with Gasteiger partial charge in [-0.25, -0.2) is 4.57 Å². The largest absolute Gasteiger partial charge is 0.472 e. The van der Waals surface area contributed by atoms with Crippen LogP contribution >= 0.6 is 7.82 Å². The van der Waals surface area contributed by atoms with Crippen LogP contribution in [0.5, 0.6) is 0 Å². The van der Waals surface area contributed by atoms with E-state index in [1.54, 1.807) is 0 Å². The van der Waals surface area contributed by atoms with Gasteiger partial charge in [-0.1, -0.05) is 251 Å². The lowest BCUT2D eigenvalue weighted by atomic mass is 10.0. The average molecular weight is 1070 g/mol. The van der Waals surface area contributed by atoms with Crippen LogP contribution in [0, 0.1) is 0 Å². The lowest BCUT2D eigenvalue weighted by molar-refractivity contribution is -0.161. The zero-order valence-corrected chi connectivity index (χ0v) is 49.2. The van der Waals surface area contributed by atoms with E-state index in [1.165, 1.54) is 180 Å². The molecule has 0 fully saturated rings. The van der Waals surface area contributed by atoms with Crippen LogP contribution in [0.25, 0.3) is 0 Å². The van der Waals surface area contributed by atoms with Gasteiger partial charge in [-0.2, -0.15) is 0 Å². The van der Waals surface area contributed by atoms with Crippen LogP contribution in [0.3, 0.4) is 0 Å². The zero-order valence-electron chi connectivity index (χ0n) is 48.3. The van der Waals surface area contributed by atoms with Gasteiger partial charge in [-0.05, 0) is 70.6 Å². The molecule has 0 bridgehead atoms. The predicted octanol–water partition coefficient (Wildman–Crippen LogP) is 18.6. The van der Waals surface area contributed by atoms with E-state index in [4.69, 9.17) is 23.3 Å². The third kappa shape index (κ3) is 54.7. The van der Waals surface area contributed by atoms with Crippen LogP contribution < -0.4 is 0 Å². The second-order valence-corrected chi connectivity index (χ2v) is 22.7. The number of esters is 3. The van der Waals surface area contributed by atoms with E-state index < -0.39 is 57.8 Å². The summed E-state index contributed by atoms with van der Waals surface area (Å²) in [4.78, 5) is 48.6. The van der Waals surface area contributed by atoms with Gasteiger partial charge in [-0.3, -0.25) is 23.4 Å². The Morgan fingerprint density at radius 2 is 0.622 bits per heavy atom. The van der Waals surface area contributed by atoms with Crippen molar-refractivity contribution in [3.63, 3.8) is 0 Å². The average Bonchev–Trinajstić information content (AvgIpc) is 3.39. The molecule has 3 unspecified atom stereocenters. The fourth-order valence-corrected chi connectivity index (χ4v) is 9.84. The van der Waals surface area contributed by atoms with Crippen molar-refractivity contribution in [1.29, 1.82) is 0 Å². The molecule has 74 heavy (non-hydrogen) atoms. The number of phosphoric acid groups is 1. The number of aliphatic hydroxyl groups excluding tert-OH is 1. The van der Waals surface area contributed by atoms with Gasteiger partial charge in [0, 0.05) is 19.3 Å². The summed E-state index contributed by atoms with van der Waals surface area (Å²) >= 11 is 0. The minimum atomic E-state index is -4.74. The number of ether oxygens (including phenoxy) is 3. The normalized spacial score (nSPS) is 13.4. The number of phosphoric ester groups is 1. The highest BCUT2D eigenvalue weighted by atomic mass is 31.2. The van der Waals surface area contributed by atoms with Crippen LogP contribution in [-0.2, 0) is 42.2 Å². The van der Waals surface area contributed by atoms with Gasteiger partial charge in [0.1, 0.15) is 12.7 Å². The van der Waals surface area contributed by atoms with E-state index in [0.29, 0.717) is 19.3 Å². The first-order chi connectivity index (χ1) is 36.2. The quantitative estimate of drug-likeness (QED) is 0.0197. The molecule has 2 N–H and O–H groups in total. The standard InChI is InChI=1S/C62H117O11P/c1-4-7-10-13-16-19-22-25-27-28-29-30-32-34-36-39-42-45-48-51-60(64)69-55-59(73-62(66)53-50-47-44-41-38-35-31-26-23-20-17-14-11-8-5-2)57-71-74(67,68)70-56-58(54-63)72-61(65)52-49-46-43-40-37-33-24-21-18-15-12-9-6-3/h25-27,31,58-59,63H,4-24,28-30,32-57H2,1-3H3,(H,67,68)/b27-25-,31-26-. The van der Waals surface area contributed by atoms with Crippen molar-refractivity contribution in [2.75, 3.05) is 26.4 Å². The van der Waals surface area contributed by atoms with E-state index in [0.717, 1.165) is 77.0 Å². The molecule has 0 aliphatic heterocycles. The fraction of sp³-hybridized carbons (Fsp3) is 0.887. The van der Waals surface area contributed by atoms with Crippen LogP contribution in [0.4, 0.5) is 0 Å². The summed E-state index contributed by atoms with van der Waals surface area (Å²) < 4.78 is 39.6. The molecule has 0 aromatic rings. The monoisotopic (exact) mass is 1070 g/mol. The summed E-state index contributed by atoms with van der Waals surface area (Å²) in [5.74, 6) is -1.45. The molecular weight excluding hydrogens is 952 g/mol. The number of carbonyl (C=O) groups excluding carboxylic acids is 3. The van der Waals surface area contributed by atoms with E-state index in [9.17, 15) is 28.9 Å². The van der Waals surface area contributed by atoms with Crippen LogP contribution in [0.15, 0.2) is 24.3 Å². The predicted molar refractivity (Wildman–Crippen MR) is 307 cm³/mol. The summed E-state index contributed by atoms with van der Waals surface area (Å²) in [6.45, 7) is 4.68. The lowest BCUT2D eigenvalue weighted by Crippen LogP contribution is -2.30. The summed E-state index contributed by atoms with van der Waals surface area (Å²) in [5, 5.41) is 9.82. The maximum Gasteiger partial charge on any atom is 0.472 e. The molecule has 0 aromatic carbocycles. The number of rotatable bonds is 59. The highest BCUT2D eigenvalue weighted by Gasteiger charge is 2.28. The number of hydrogen-bond acceptors (Lipinski definition) is 10. The summed E-state index contributed by atoms with van der Waals surface area (Å²) in [6, 6.07) is 0. The zero-order chi connectivity index (χ0) is 54.1. The van der Waals surface area contributed by atoms with Crippen LogP contribution in [0.2, 0.25) is 0 Å². The molecule has 12 heteroatoms. The molecule has 3 atom stereocenters. The summed E-state index contributed by atoms with van der Waals surface area (Å²) in [5.41, 5.74) is 0. The van der Waals surface area contributed by atoms with Crippen LogP contribution in [0.1, 0.15) is 316 Å². The molecule has 0 rings (SSSR count). The lowest BCUT2D eigenvalue weighted by Gasteiger charge is -2.21. The molecule has 0 aromatic heterocycles. The number of unbranched alkanes of at least 4 members (excludes halogenated alkanes) is 38. The first kappa shape index (κ1) is 72.0. The SMILES string of the molecule is CCCCCCCC/C=C\CCCCCCCCCCCC(=O)OCC(COP(=O)(O)OCC(CO)OC(=O)CCCCCCCCCCCCCCC)OC(=O)CCCCCCC/C=C\CCCCCCCC. The highest BCUT2D eigenvalue weighted by Crippen LogP contribution is 2.43. The van der Waals surface area contributed by atoms with Gasteiger partial charge < -0.3 is 24.2 Å². The molecule has 0 amide bonds. The molecule has 11 nitrogen and oxygen atoms in total. The smallest absolute Gasteiger partial charge is 0.462 e. The Bertz CT molecular complexity index is 1340. The van der Waals surface area contributed by atoms with E-state index >= 15 is 0 Å². The van der Waals surface area contributed by atoms with Crippen molar-refractivity contribution in [2.45, 2.75) is 328 Å². The van der Waals surface area contributed by atoms with E-state index in [2.05, 4.69) is 45.1 Å². The second-order valence-electron chi connectivity index (χ2n) is 21.2. The number of carbonyl (C=O) groups is 3. The van der Waals surface area contributed by atoms with Gasteiger partial charge in [-0.15, -0.1) is 0 Å². The van der Waals surface area contributed by atoms with Gasteiger partial charge in [0.15, 0.2) is 6.10 Å². The van der Waals surface area contributed by atoms with Gasteiger partial charge in [0.05, 0.1) is 19.8 Å². The topological polar surface area (TPSA) is 155 Å². The summed E-state index contributed by atoms with van der Waals surface area (Å²) in [7, 11) is -4.74. The molecule has 0 saturated carbocycles. The Labute approximate surface area is 455 Å². The Kier molecular flexibility index (Phi) is 55.6. The molecular formula is C62H117O11P. The number of hydrogen-bond donors (Lipinski definition) is 2. The Morgan fingerprint density at radius 3 is 0.932 bits per heavy atom. The Balaban J connectivity index is 4.67. The van der Waals surface area contributed by atoms with Gasteiger partial charge >= 0.3 is 25.7 Å². The number of aliphatic hydroxyl groups is 1. The minimum Gasteiger partial charge on any atom is -0.462 e. The van der Waals surface area contributed by atoms with Gasteiger partial charge in [0.25, 0.3) is 0 Å². The molecule has 0 spiro atoms. The van der Waals surface area contributed by atoms with Crippen molar-refractivity contribution in [2.24, 2.45) is 0 Å². The Morgan fingerprint density at radius 1 is 0.365 bits per heavy atom. The highest BCUT2D eigenvalue weighted by molar-refractivity contribution is 7.47. The Hall–Kier alpha value is -2.04. The third-order valence-electron chi connectivity index (χ3n) is 13.8. The molecule has 436 valence electrons. The maximum absolute atomic E-state index is 12.9. The molecule has 0 radical (unpaired) electrons. The van der Waals surface area contributed by atoms with E-state index in [-0.39, 0.29) is 25.9 Å². The number of allylic oxidation sites excluding steroid dienone is 4. The van der Waals surface area contributed by atoms with Crippen molar-refractivity contribution in [3.8, 4) is 0 Å². The summed E-state index contributed by atoms with van der Waals surface area (Å²) in [6.07, 6.45) is 58.4. The van der Waals surface area contributed by atoms with Crippen molar-refractivity contribution >= 4 is 25.7 Å². The van der Waals surface area contributed by atoms with Crippen molar-refractivity contribution in [3.05, 3.63) is 24.3 Å². The molecule has 0 heterocycles. The second kappa shape index (κ2) is 57.1. The first-order valence-electron chi connectivity index (χ1n) is 31.2.